The van der Waals surface area contributed by atoms with Gasteiger partial charge in [-0.3, -0.25) is 9.79 Å². The van der Waals surface area contributed by atoms with Gasteiger partial charge in [-0.05, 0) is 35.9 Å². The molecule has 0 saturated heterocycles. The van der Waals surface area contributed by atoms with Crippen molar-refractivity contribution in [2.45, 2.75) is 13.0 Å². The maximum atomic E-state index is 14.6. The lowest BCUT2D eigenvalue weighted by Crippen LogP contribution is -2.24. The maximum absolute atomic E-state index is 14.6. The molecule has 0 spiro atoms. The molecule has 0 fully saturated rings. The number of halogens is 5. The predicted octanol–water partition coefficient (Wildman–Crippen LogP) is 4.46. The van der Waals surface area contributed by atoms with Crippen LogP contribution in [0.4, 0.5) is 27.6 Å². The Morgan fingerprint density at radius 2 is 1.84 bits per heavy atom. The van der Waals surface area contributed by atoms with Crippen molar-refractivity contribution in [1.29, 1.82) is 0 Å². The van der Waals surface area contributed by atoms with Crippen molar-refractivity contribution in [3.8, 4) is 28.4 Å². The van der Waals surface area contributed by atoms with Crippen LogP contribution in [0.2, 0.25) is 0 Å². The van der Waals surface area contributed by atoms with E-state index in [0.29, 0.717) is 11.3 Å². The van der Waals surface area contributed by atoms with E-state index in [-0.39, 0.29) is 33.6 Å². The summed E-state index contributed by atoms with van der Waals surface area (Å²) in [5.74, 6) is -1.99. The van der Waals surface area contributed by atoms with E-state index >= 15 is 0 Å². The lowest BCUT2D eigenvalue weighted by atomic mass is 10.1. The van der Waals surface area contributed by atoms with Gasteiger partial charge in [0.25, 0.3) is 17.9 Å². The second-order valence-electron chi connectivity index (χ2n) is 7.54. The fraction of sp³-hybridized carbons (Fsp3) is 0.167. The summed E-state index contributed by atoms with van der Waals surface area (Å²) in [4.78, 5) is 21.5. The molecular formula is C24H18F5N5O3. The van der Waals surface area contributed by atoms with E-state index < -0.39 is 36.9 Å². The van der Waals surface area contributed by atoms with Crippen LogP contribution in [0.15, 0.2) is 58.3 Å². The van der Waals surface area contributed by atoms with Crippen LogP contribution in [0, 0.1) is 5.82 Å². The van der Waals surface area contributed by atoms with Gasteiger partial charge in [-0.2, -0.15) is 18.6 Å². The maximum Gasteiger partial charge on any atom is 0.387 e. The molecule has 8 nitrogen and oxygen atoms in total. The van der Waals surface area contributed by atoms with Crippen LogP contribution in [0.1, 0.15) is 5.56 Å². The van der Waals surface area contributed by atoms with Crippen LogP contribution in [-0.4, -0.2) is 47.7 Å². The highest BCUT2D eigenvalue weighted by atomic mass is 19.3. The number of hydrogen-bond acceptors (Lipinski definition) is 7. The summed E-state index contributed by atoms with van der Waals surface area (Å²) >= 11 is 0. The number of aliphatic imine (C=N–C) groups is 1. The standard InChI is InChI=1S/C24H18F5N5O3/c1-31-10-13-8-14(4-7-17(13)30)34-23(35)20(12-2-5-15(6-3-12)37-24(28)29)21-18(33-34)9-16(25)22(32-21)36-11-19(26)27/h2-10,19,24H,11,30H2,1H3. The minimum Gasteiger partial charge on any atom is -0.470 e. The molecule has 0 aliphatic carbocycles. The second kappa shape index (κ2) is 10.6. The zero-order valence-corrected chi connectivity index (χ0v) is 19.0. The first kappa shape index (κ1) is 25.5. The fourth-order valence-corrected chi connectivity index (χ4v) is 3.51. The van der Waals surface area contributed by atoms with E-state index in [2.05, 4.69) is 19.8 Å². The highest BCUT2D eigenvalue weighted by Gasteiger charge is 2.21. The van der Waals surface area contributed by atoms with E-state index in [1.165, 1.54) is 55.7 Å². The van der Waals surface area contributed by atoms with Gasteiger partial charge >= 0.3 is 6.61 Å². The number of ether oxygens (including phenoxy) is 2. The van der Waals surface area contributed by atoms with Crippen LogP contribution in [-0.2, 0) is 0 Å². The number of anilines is 1. The molecule has 0 saturated carbocycles. The lowest BCUT2D eigenvalue weighted by molar-refractivity contribution is -0.0498. The molecule has 0 unspecified atom stereocenters. The van der Waals surface area contributed by atoms with Gasteiger partial charge in [0.15, 0.2) is 12.4 Å². The quantitative estimate of drug-likeness (QED) is 0.209. The molecule has 0 atom stereocenters. The first-order valence-corrected chi connectivity index (χ1v) is 10.6. The van der Waals surface area contributed by atoms with Gasteiger partial charge in [0.05, 0.1) is 11.3 Å². The van der Waals surface area contributed by atoms with Gasteiger partial charge in [-0.1, -0.05) is 12.1 Å². The Morgan fingerprint density at radius 3 is 2.49 bits per heavy atom. The first-order valence-electron chi connectivity index (χ1n) is 10.6. The van der Waals surface area contributed by atoms with Crippen molar-refractivity contribution in [3.63, 3.8) is 0 Å². The summed E-state index contributed by atoms with van der Waals surface area (Å²) in [6.45, 7) is -4.18. The van der Waals surface area contributed by atoms with Crippen molar-refractivity contribution >= 4 is 22.9 Å². The van der Waals surface area contributed by atoms with Crippen LogP contribution >= 0.6 is 0 Å². The predicted molar refractivity (Wildman–Crippen MR) is 127 cm³/mol. The van der Waals surface area contributed by atoms with Gasteiger partial charge < -0.3 is 15.2 Å². The molecule has 13 heteroatoms. The summed E-state index contributed by atoms with van der Waals surface area (Å²) < 4.78 is 75.1. The zero-order valence-electron chi connectivity index (χ0n) is 19.0. The molecule has 0 bridgehead atoms. The van der Waals surface area contributed by atoms with E-state index in [1.807, 2.05) is 0 Å². The van der Waals surface area contributed by atoms with Crippen molar-refractivity contribution < 1.29 is 31.4 Å². The summed E-state index contributed by atoms with van der Waals surface area (Å²) in [5.41, 5.74) is 6.17. The minimum absolute atomic E-state index is 0.105. The van der Waals surface area contributed by atoms with E-state index in [4.69, 9.17) is 10.5 Å². The molecule has 4 rings (SSSR count). The third kappa shape index (κ3) is 5.50. The molecule has 4 aromatic rings. The molecule has 37 heavy (non-hydrogen) atoms. The number of alkyl halides is 4. The number of fused-ring (bicyclic) bond motifs is 1. The molecule has 2 aromatic carbocycles. The number of benzene rings is 2. The number of aromatic nitrogens is 3. The monoisotopic (exact) mass is 519 g/mol. The molecule has 2 N–H and O–H groups in total. The molecule has 2 heterocycles. The topological polar surface area (TPSA) is 105 Å². The fourth-order valence-electron chi connectivity index (χ4n) is 3.51. The third-order valence-electron chi connectivity index (χ3n) is 5.07. The van der Waals surface area contributed by atoms with Crippen molar-refractivity contribution in [3.05, 3.63) is 70.3 Å². The Kier molecular flexibility index (Phi) is 7.32. The van der Waals surface area contributed by atoms with Crippen molar-refractivity contribution in [1.82, 2.24) is 14.8 Å². The summed E-state index contributed by atoms with van der Waals surface area (Å²) in [6.07, 6.45) is -1.42. The minimum atomic E-state index is -3.06. The normalized spacial score (nSPS) is 11.7. The number of hydrogen-bond donors (Lipinski definition) is 1. The molecule has 0 amide bonds. The van der Waals surface area contributed by atoms with Crippen molar-refractivity contribution in [2.24, 2.45) is 4.99 Å². The van der Waals surface area contributed by atoms with Gasteiger partial charge in [0.1, 0.15) is 16.8 Å². The Hall–Kier alpha value is -4.55. The largest absolute Gasteiger partial charge is 0.470 e. The molecule has 2 aromatic heterocycles. The average molecular weight is 519 g/mol. The second-order valence-corrected chi connectivity index (χ2v) is 7.54. The van der Waals surface area contributed by atoms with Crippen LogP contribution in [0.5, 0.6) is 11.6 Å². The van der Waals surface area contributed by atoms with Crippen LogP contribution < -0.4 is 20.8 Å². The summed E-state index contributed by atoms with van der Waals surface area (Å²) in [5, 5.41) is 4.20. The number of rotatable bonds is 8. The Balaban J connectivity index is 1.97. The van der Waals surface area contributed by atoms with Crippen LogP contribution in [0.25, 0.3) is 27.8 Å². The first-order chi connectivity index (χ1) is 17.7. The summed E-state index contributed by atoms with van der Waals surface area (Å²) in [7, 11) is 1.54. The van der Waals surface area contributed by atoms with E-state index in [9.17, 15) is 26.7 Å². The van der Waals surface area contributed by atoms with E-state index in [0.717, 1.165) is 10.7 Å². The Bertz CT molecular complexity index is 1520. The van der Waals surface area contributed by atoms with Crippen LogP contribution in [0.3, 0.4) is 0 Å². The van der Waals surface area contributed by atoms with Gasteiger partial charge in [0, 0.05) is 30.6 Å². The number of nitrogen functional groups attached to an aromatic ring is 1. The number of nitrogens with two attached hydrogens (primary N) is 1. The molecule has 0 radical (unpaired) electrons. The highest BCUT2D eigenvalue weighted by Crippen LogP contribution is 2.29. The Morgan fingerprint density at radius 1 is 1.11 bits per heavy atom. The zero-order chi connectivity index (χ0) is 26.7. The number of nitrogens with zero attached hydrogens (tertiary/aromatic N) is 4. The van der Waals surface area contributed by atoms with Gasteiger partial charge in [-0.25, -0.2) is 18.2 Å². The summed E-state index contributed by atoms with van der Waals surface area (Å²) in [6, 6.07) is 10.5. The average Bonchev–Trinajstić information content (AvgIpc) is 2.84. The van der Waals surface area contributed by atoms with Gasteiger partial charge in [-0.15, -0.1) is 0 Å². The molecular weight excluding hydrogens is 501 g/mol. The lowest BCUT2D eigenvalue weighted by Gasteiger charge is -2.14. The Labute approximate surface area is 205 Å². The number of pyridine rings is 1. The molecule has 192 valence electrons. The molecule has 0 aliphatic heterocycles. The van der Waals surface area contributed by atoms with E-state index in [1.54, 1.807) is 0 Å². The SMILES string of the molecule is CN=Cc1cc(-n2nc3cc(F)c(OCC(F)F)nc3c(-c3ccc(OC(F)F)cc3)c2=O)ccc1N. The van der Waals surface area contributed by atoms with Crippen molar-refractivity contribution in [2.75, 3.05) is 19.4 Å². The smallest absolute Gasteiger partial charge is 0.387 e. The molecule has 0 aliphatic rings. The highest BCUT2D eigenvalue weighted by molar-refractivity contribution is 5.91. The third-order valence-corrected chi connectivity index (χ3v) is 5.07. The van der Waals surface area contributed by atoms with Gasteiger partial charge in [0.2, 0.25) is 0 Å².